The van der Waals surface area contributed by atoms with Crippen LogP contribution >= 0.6 is 22.9 Å². The van der Waals surface area contributed by atoms with E-state index in [9.17, 15) is 0 Å². The van der Waals surface area contributed by atoms with Gasteiger partial charge in [-0.2, -0.15) is 5.10 Å². The van der Waals surface area contributed by atoms with Crippen molar-refractivity contribution in [3.05, 3.63) is 63.9 Å². The Morgan fingerprint density at radius 2 is 1.85 bits per heavy atom. The highest BCUT2D eigenvalue weighted by Crippen LogP contribution is 2.15. The van der Waals surface area contributed by atoms with Crippen LogP contribution in [0.15, 0.2) is 58.7 Å². The monoisotopic (exact) mass is 301 g/mol. The second-order valence-electron chi connectivity index (χ2n) is 4.31. The number of para-hydroxylation sites is 1. The van der Waals surface area contributed by atoms with Crippen molar-refractivity contribution in [3.63, 3.8) is 0 Å². The van der Waals surface area contributed by atoms with Crippen LogP contribution in [0.1, 0.15) is 5.56 Å². The molecule has 0 fully saturated rings. The lowest BCUT2D eigenvalue weighted by atomic mass is 10.2. The molecular weight excluding hydrogens is 290 g/mol. The highest BCUT2D eigenvalue weighted by molar-refractivity contribution is 7.16. The lowest BCUT2D eigenvalue weighted by Gasteiger charge is -1.93. The third-order valence-corrected chi connectivity index (χ3v) is 4.29. The fourth-order valence-electron chi connectivity index (χ4n) is 1.87. The first-order valence-electron chi connectivity index (χ1n) is 6.11. The molecule has 0 atom stereocenters. The normalized spacial score (nSPS) is 12.6. The Morgan fingerprint density at radius 3 is 2.60 bits per heavy atom. The van der Waals surface area contributed by atoms with Crippen LogP contribution in [-0.4, -0.2) is 10.8 Å². The van der Waals surface area contributed by atoms with Gasteiger partial charge in [0.2, 0.25) is 4.80 Å². The molecule has 0 amide bonds. The van der Waals surface area contributed by atoms with Gasteiger partial charge in [-0.05, 0) is 29.8 Å². The average Bonchev–Trinajstić information content (AvgIpc) is 2.78. The van der Waals surface area contributed by atoms with Crippen LogP contribution in [0.4, 0.5) is 0 Å². The number of benzene rings is 2. The van der Waals surface area contributed by atoms with Crippen molar-refractivity contribution in [1.29, 1.82) is 0 Å². The van der Waals surface area contributed by atoms with Crippen molar-refractivity contribution in [2.24, 2.45) is 17.3 Å². The molecule has 1 aromatic heterocycles. The van der Waals surface area contributed by atoms with E-state index < -0.39 is 0 Å². The zero-order valence-corrected chi connectivity index (χ0v) is 12.4. The van der Waals surface area contributed by atoms with Gasteiger partial charge in [0, 0.05) is 12.1 Å². The number of fused-ring (bicyclic) bond motifs is 1. The SMILES string of the molecule is Cn1/c(=N\N=C\c2ccc(Cl)cc2)sc2ccccc21. The molecule has 5 heteroatoms. The minimum atomic E-state index is 0.718. The van der Waals surface area contributed by atoms with Crippen molar-refractivity contribution in [2.75, 3.05) is 0 Å². The first-order valence-corrected chi connectivity index (χ1v) is 7.31. The molecule has 2 aromatic carbocycles. The summed E-state index contributed by atoms with van der Waals surface area (Å²) in [5, 5.41) is 9.14. The fourth-order valence-corrected chi connectivity index (χ4v) is 2.97. The summed E-state index contributed by atoms with van der Waals surface area (Å²) in [4.78, 5) is 0.872. The molecule has 0 spiro atoms. The Bertz CT molecular complexity index is 828. The van der Waals surface area contributed by atoms with E-state index in [1.807, 2.05) is 48.0 Å². The molecule has 3 nitrogen and oxygen atoms in total. The van der Waals surface area contributed by atoms with E-state index in [-0.39, 0.29) is 0 Å². The molecule has 3 aromatic rings. The Balaban J connectivity index is 1.94. The van der Waals surface area contributed by atoms with Crippen LogP contribution in [-0.2, 0) is 7.05 Å². The van der Waals surface area contributed by atoms with Gasteiger partial charge in [-0.15, -0.1) is 5.10 Å². The number of nitrogens with zero attached hydrogens (tertiary/aromatic N) is 3. The number of rotatable bonds is 2. The average molecular weight is 302 g/mol. The van der Waals surface area contributed by atoms with E-state index in [1.54, 1.807) is 17.6 Å². The summed E-state index contributed by atoms with van der Waals surface area (Å²) >= 11 is 7.46. The summed E-state index contributed by atoms with van der Waals surface area (Å²) in [6.07, 6.45) is 1.72. The molecule has 0 aliphatic rings. The molecule has 0 saturated carbocycles. The molecule has 0 aliphatic heterocycles. The Kier molecular flexibility index (Phi) is 3.67. The Labute approximate surface area is 125 Å². The molecule has 0 aliphatic carbocycles. The quantitative estimate of drug-likeness (QED) is 0.509. The third kappa shape index (κ3) is 2.66. The van der Waals surface area contributed by atoms with Gasteiger partial charge < -0.3 is 4.57 Å². The van der Waals surface area contributed by atoms with Gasteiger partial charge >= 0.3 is 0 Å². The largest absolute Gasteiger partial charge is 0.318 e. The molecule has 3 rings (SSSR count). The van der Waals surface area contributed by atoms with Gasteiger partial charge in [0.05, 0.1) is 16.4 Å². The molecule has 20 heavy (non-hydrogen) atoms. The minimum absolute atomic E-state index is 0.718. The van der Waals surface area contributed by atoms with Crippen molar-refractivity contribution in [3.8, 4) is 0 Å². The van der Waals surface area contributed by atoms with Gasteiger partial charge in [-0.25, -0.2) is 0 Å². The number of aromatic nitrogens is 1. The predicted octanol–water partition coefficient (Wildman–Crippen LogP) is 3.83. The maximum Gasteiger partial charge on any atom is 0.211 e. The summed E-state index contributed by atoms with van der Waals surface area (Å²) in [6, 6.07) is 15.7. The lowest BCUT2D eigenvalue weighted by Crippen LogP contribution is -2.08. The summed E-state index contributed by atoms with van der Waals surface area (Å²) in [5.41, 5.74) is 2.14. The molecule has 100 valence electrons. The molecule has 0 saturated heterocycles. The standard InChI is InChI=1S/C15H12ClN3S/c1-19-13-4-2-3-5-14(13)20-15(19)18-17-10-11-6-8-12(16)9-7-11/h2-10H,1H3/b17-10+,18-15+. The summed E-state index contributed by atoms with van der Waals surface area (Å²) in [7, 11) is 2.00. The van der Waals surface area contributed by atoms with Crippen molar-refractivity contribution in [2.45, 2.75) is 0 Å². The maximum absolute atomic E-state index is 5.84. The first-order chi connectivity index (χ1) is 9.74. The van der Waals surface area contributed by atoms with Crippen LogP contribution in [0.25, 0.3) is 10.2 Å². The van der Waals surface area contributed by atoms with E-state index in [2.05, 4.69) is 22.3 Å². The van der Waals surface area contributed by atoms with Gasteiger partial charge in [-0.1, -0.05) is 47.2 Å². The lowest BCUT2D eigenvalue weighted by molar-refractivity contribution is 0.889. The zero-order chi connectivity index (χ0) is 13.9. The summed E-state index contributed by atoms with van der Waals surface area (Å²) < 4.78 is 3.24. The molecule has 0 bridgehead atoms. The number of aryl methyl sites for hydroxylation is 1. The molecule has 0 N–H and O–H groups in total. The molecule has 0 unspecified atom stereocenters. The second-order valence-corrected chi connectivity index (χ2v) is 5.75. The van der Waals surface area contributed by atoms with E-state index in [1.165, 1.54) is 4.70 Å². The number of halogens is 1. The van der Waals surface area contributed by atoms with Crippen molar-refractivity contribution in [1.82, 2.24) is 4.57 Å². The van der Waals surface area contributed by atoms with Gasteiger partial charge in [-0.3, -0.25) is 0 Å². The van der Waals surface area contributed by atoms with Gasteiger partial charge in [0.25, 0.3) is 0 Å². The Morgan fingerprint density at radius 1 is 1.10 bits per heavy atom. The molecule has 0 radical (unpaired) electrons. The van der Waals surface area contributed by atoms with Crippen molar-refractivity contribution < 1.29 is 0 Å². The third-order valence-electron chi connectivity index (χ3n) is 2.93. The van der Waals surface area contributed by atoms with Crippen LogP contribution in [0.2, 0.25) is 5.02 Å². The smallest absolute Gasteiger partial charge is 0.211 e. The number of hydrogen-bond acceptors (Lipinski definition) is 3. The number of thiazole rings is 1. The van der Waals surface area contributed by atoms with Crippen molar-refractivity contribution >= 4 is 39.4 Å². The number of hydrogen-bond donors (Lipinski definition) is 0. The first kappa shape index (κ1) is 13.1. The van der Waals surface area contributed by atoms with Crippen LogP contribution < -0.4 is 4.80 Å². The minimum Gasteiger partial charge on any atom is -0.318 e. The fraction of sp³-hybridized carbons (Fsp3) is 0.0667. The highest BCUT2D eigenvalue weighted by atomic mass is 35.5. The van der Waals surface area contributed by atoms with Gasteiger partial charge in [0.1, 0.15) is 0 Å². The van der Waals surface area contributed by atoms with Crippen LogP contribution in [0, 0.1) is 0 Å². The summed E-state index contributed by atoms with van der Waals surface area (Å²) in [5.74, 6) is 0. The van der Waals surface area contributed by atoms with E-state index in [4.69, 9.17) is 11.6 Å². The maximum atomic E-state index is 5.84. The van der Waals surface area contributed by atoms with E-state index in [0.717, 1.165) is 20.9 Å². The Hall–Kier alpha value is -1.91. The highest BCUT2D eigenvalue weighted by Gasteiger charge is 2.00. The van der Waals surface area contributed by atoms with Gasteiger partial charge in [0.15, 0.2) is 0 Å². The predicted molar refractivity (Wildman–Crippen MR) is 85.4 cm³/mol. The molecule has 1 heterocycles. The second kappa shape index (κ2) is 5.61. The molecular formula is C15H12ClN3S. The van der Waals surface area contributed by atoms with Crippen LogP contribution in [0.5, 0.6) is 0 Å². The van der Waals surface area contributed by atoms with E-state index in [0.29, 0.717) is 0 Å². The van der Waals surface area contributed by atoms with Crippen LogP contribution in [0.3, 0.4) is 0 Å². The van der Waals surface area contributed by atoms with E-state index >= 15 is 0 Å². The zero-order valence-electron chi connectivity index (χ0n) is 10.8. The topological polar surface area (TPSA) is 29.6 Å². The summed E-state index contributed by atoms with van der Waals surface area (Å²) in [6.45, 7) is 0.